The van der Waals surface area contributed by atoms with E-state index in [1.807, 2.05) is 48.4 Å². The van der Waals surface area contributed by atoms with Crippen molar-refractivity contribution in [3.63, 3.8) is 0 Å². The average Bonchev–Trinajstić information content (AvgIpc) is 3.27. The molecule has 4 rings (SSSR count). The molecule has 0 radical (unpaired) electrons. The lowest BCUT2D eigenvalue weighted by Crippen LogP contribution is -2.42. The standard InChI is InChI=1S/C21H23N5O2/c1-2-28-19-6-5-17-8-11-25(15-18(17)12-19)21(27)23-14-16-4-7-20(22-13-16)26-10-3-9-24-26/h3-7,9-10,12-13H,2,8,11,14-15H2,1H3,(H,23,27). The van der Waals surface area contributed by atoms with Crippen LogP contribution in [0.25, 0.3) is 5.82 Å². The molecule has 3 aromatic rings. The number of nitrogens with one attached hydrogen (secondary N) is 1. The molecule has 2 aromatic heterocycles. The van der Waals surface area contributed by atoms with Crippen LogP contribution in [0.2, 0.25) is 0 Å². The summed E-state index contributed by atoms with van der Waals surface area (Å²) in [5, 5.41) is 7.14. The predicted octanol–water partition coefficient (Wildman–Crippen LogP) is 2.93. The third kappa shape index (κ3) is 3.98. The van der Waals surface area contributed by atoms with E-state index in [4.69, 9.17) is 4.74 Å². The van der Waals surface area contributed by atoms with Crippen molar-refractivity contribution in [2.75, 3.05) is 13.2 Å². The highest BCUT2D eigenvalue weighted by Gasteiger charge is 2.21. The van der Waals surface area contributed by atoms with E-state index in [0.29, 0.717) is 26.2 Å². The van der Waals surface area contributed by atoms with Crippen LogP contribution in [0.15, 0.2) is 55.0 Å². The number of amides is 2. The molecule has 28 heavy (non-hydrogen) atoms. The van der Waals surface area contributed by atoms with E-state index in [1.165, 1.54) is 5.56 Å². The van der Waals surface area contributed by atoms with Gasteiger partial charge in [0.2, 0.25) is 0 Å². The number of carbonyl (C=O) groups excluding carboxylic acids is 1. The molecular formula is C21H23N5O2. The van der Waals surface area contributed by atoms with E-state index in [9.17, 15) is 4.79 Å². The lowest BCUT2D eigenvalue weighted by atomic mass is 10.00. The molecule has 7 nitrogen and oxygen atoms in total. The number of pyridine rings is 1. The van der Waals surface area contributed by atoms with Crippen molar-refractivity contribution in [2.45, 2.75) is 26.4 Å². The van der Waals surface area contributed by atoms with Crippen LogP contribution in [0, 0.1) is 0 Å². The smallest absolute Gasteiger partial charge is 0.317 e. The zero-order valence-corrected chi connectivity index (χ0v) is 15.8. The first kappa shape index (κ1) is 18.0. The molecule has 3 heterocycles. The van der Waals surface area contributed by atoms with Gasteiger partial charge in [-0.1, -0.05) is 12.1 Å². The predicted molar refractivity (Wildman–Crippen MR) is 105 cm³/mol. The summed E-state index contributed by atoms with van der Waals surface area (Å²) in [5.41, 5.74) is 3.38. The minimum Gasteiger partial charge on any atom is -0.494 e. The fourth-order valence-corrected chi connectivity index (χ4v) is 3.31. The molecule has 0 atom stereocenters. The maximum absolute atomic E-state index is 12.6. The van der Waals surface area contributed by atoms with Gasteiger partial charge >= 0.3 is 6.03 Å². The number of ether oxygens (including phenoxy) is 1. The number of fused-ring (bicyclic) bond motifs is 1. The zero-order chi connectivity index (χ0) is 19.3. The van der Waals surface area contributed by atoms with Crippen LogP contribution in [0.5, 0.6) is 5.75 Å². The molecule has 1 aliphatic rings. The van der Waals surface area contributed by atoms with Crippen LogP contribution in [-0.2, 0) is 19.5 Å². The first-order valence-electron chi connectivity index (χ1n) is 9.45. The molecule has 7 heteroatoms. The lowest BCUT2D eigenvalue weighted by molar-refractivity contribution is 0.191. The Morgan fingerprint density at radius 1 is 1.25 bits per heavy atom. The molecule has 1 aliphatic heterocycles. The van der Waals surface area contributed by atoms with Gasteiger partial charge in [0, 0.05) is 38.2 Å². The fourth-order valence-electron chi connectivity index (χ4n) is 3.31. The van der Waals surface area contributed by atoms with Crippen molar-refractivity contribution >= 4 is 6.03 Å². The SMILES string of the molecule is CCOc1ccc2c(c1)CN(C(=O)NCc1ccc(-n3cccn3)nc1)CC2. The van der Waals surface area contributed by atoms with E-state index in [-0.39, 0.29) is 6.03 Å². The van der Waals surface area contributed by atoms with Gasteiger partial charge in [0.05, 0.1) is 6.61 Å². The highest BCUT2D eigenvalue weighted by molar-refractivity contribution is 5.74. The van der Waals surface area contributed by atoms with Gasteiger partial charge in [-0.25, -0.2) is 14.5 Å². The summed E-state index contributed by atoms with van der Waals surface area (Å²) in [7, 11) is 0. The molecule has 0 spiro atoms. The lowest BCUT2D eigenvalue weighted by Gasteiger charge is -2.29. The number of rotatable bonds is 5. The molecule has 0 saturated heterocycles. The summed E-state index contributed by atoms with van der Waals surface area (Å²) in [4.78, 5) is 18.8. The highest BCUT2D eigenvalue weighted by Crippen LogP contribution is 2.24. The minimum atomic E-state index is -0.0661. The molecule has 1 N–H and O–H groups in total. The summed E-state index contributed by atoms with van der Waals surface area (Å²) in [5.74, 6) is 1.60. The molecule has 144 valence electrons. The molecule has 0 saturated carbocycles. The van der Waals surface area contributed by atoms with E-state index in [0.717, 1.165) is 29.1 Å². The molecule has 1 aromatic carbocycles. The normalized spacial score (nSPS) is 13.1. The van der Waals surface area contributed by atoms with Gasteiger partial charge in [0.15, 0.2) is 5.82 Å². The fraction of sp³-hybridized carbons (Fsp3) is 0.286. The van der Waals surface area contributed by atoms with Crippen molar-refractivity contribution in [1.29, 1.82) is 0 Å². The Morgan fingerprint density at radius 3 is 2.93 bits per heavy atom. The van der Waals surface area contributed by atoms with Crippen LogP contribution in [0.4, 0.5) is 4.79 Å². The highest BCUT2D eigenvalue weighted by atomic mass is 16.5. The van der Waals surface area contributed by atoms with Crippen LogP contribution in [0.3, 0.4) is 0 Å². The molecular weight excluding hydrogens is 354 g/mol. The Balaban J connectivity index is 1.35. The van der Waals surface area contributed by atoms with Gasteiger partial charge in [0.25, 0.3) is 0 Å². The Labute approximate surface area is 164 Å². The maximum atomic E-state index is 12.6. The van der Waals surface area contributed by atoms with Gasteiger partial charge < -0.3 is 15.0 Å². The molecule has 2 amide bonds. The summed E-state index contributed by atoms with van der Waals surface area (Å²) >= 11 is 0. The summed E-state index contributed by atoms with van der Waals surface area (Å²) in [6.45, 7) is 4.35. The number of aromatic nitrogens is 3. The van der Waals surface area contributed by atoms with E-state index < -0.39 is 0 Å². The van der Waals surface area contributed by atoms with Crippen LogP contribution in [0.1, 0.15) is 23.6 Å². The Bertz CT molecular complexity index is 938. The quantitative estimate of drug-likeness (QED) is 0.742. The van der Waals surface area contributed by atoms with Crippen LogP contribution >= 0.6 is 0 Å². The molecule has 0 bridgehead atoms. The van der Waals surface area contributed by atoms with E-state index >= 15 is 0 Å². The third-order valence-electron chi connectivity index (χ3n) is 4.78. The first-order chi connectivity index (χ1) is 13.7. The van der Waals surface area contributed by atoms with Gasteiger partial charge in [-0.15, -0.1) is 0 Å². The van der Waals surface area contributed by atoms with Crippen molar-refractivity contribution in [3.8, 4) is 11.6 Å². The number of benzene rings is 1. The summed E-state index contributed by atoms with van der Waals surface area (Å²) in [6.07, 6.45) is 6.17. The maximum Gasteiger partial charge on any atom is 0.317 e. The van der Waals surface area contributed by atoms with Gasteiger partial charge in [-0.2, -0.15) is 5.10 Å². The average molecular weight is 377 g/mol. The largest absolute Gasteiger partial charge is 0.494 e. The van der Waals surface area contributed by atoms with Gasteiger partial charge in [-0.3, -0.25) is 0 Å². The first-order valence-corrected chi connectivity index (χ1v) is 9.45. The van der Waals surface area contributed by atoms with Crippen molar-refractivity contribution in [1.82, 2.24) is 25.0 Å². The number of hydrogen-bond donors (Lipinski definition) is 1. The van der Waals surface area contributed by atoms with Crippen LogP contribution in [-0.4, -0.2) is 38.8 Å². The van der Waals surface area contributed by atoms with Gasteiger partial charge in [-0.05, 0) is 54.3 Å². The second-order valence-electron chi connectivity index (χ2n) is 6.67. The van der Waals surface area contributed by atoms with Crippen molar-refractivity contribution in [3.05, 3.63) is 71.7 Å². The number of nitrogens with zero attached hydrogens (tertiary/aromatic N) is 4. The van der Waals surface area contributed by atoms with E-state index in [2.05, 4.69) is 21.5 Å². The third-order valence-corrected chi connectivity index (χ3v) is 4.78. The second kappa shape index (κ2) is 8.12. The molecule has 0 fully saturated rings. The van der Waals surface area contributed by atoms with Crippen LogP contribution < -0.4 is 10.1 Å². The molecule has 0 aliphatic carbocycles. The monoisotopic (exact) mass is 377 g/mol. The minimum absolute atomic E-state index is 0.0661. The topological polar surface area (TPSA) is 72.3 Å². The van der Waals surface area contributed by atoms with E-state index in [1.54, 1.807) is 17.1 Å². The Hall–Kier alpha value is -3.35. The zero-order valence-electron chi connectivity index (χ0n) is 15.8. The van der Waals surface area contributed by atoms with Crippen molar-refractivity contribution in [2.24, 2.45) is 0 Å². The van der Waals surface area contributed by atoms with Crippen molar-refractivity contribution < 1.29 is 9.53 Å². The number of hydrogen-bond acceptors (Lipinski definition) is 4. The second-order valence-corrected chi connectivity index (χ2v) is 6.67. The number of urea groups is 1. The Kier molecular flexibility index (Phi) is 5.23. The summed E-state index contributed by atoms with van der Waals surface area (Å²) in [6, 6.07) is 11.8. The summed E-state index contributed by atoms with van der Waals surface area (Å²) < 4.78 is 7.28. The van der Waals surface area contributed by atoms with Gasteiger partial charge in [0.1, 0.15) is 5.75 Å². The molecule has 0 unspecified atom stereocenters. The number of carbonyl (C=O) groups is 1. The Morgan fingerprint density at radius 2 is 2.18 bits per heavy atom.